The highest BCUT2D eigenvalue weighted by Gasteiger charge is 2.09. The molecule has 0 unspecified atom stereocenters. The lowest BCUT2D eigenvalue weighted by molar-refractivity contribution is 0.102. The molecule has 0 spiro atoms. The molecular formula is C11H7Br2N3O. The Balaban J connectivity index is 2.20. The average molecular weight is 357 g/mol. The standard InChI is InChI=1S/C11H7Br2N3O/c12-8-4-7(5-14-6-8)11(17)16-9-2-1-3-15-10(9)13/h1-6H,(H,16,17). The third-order valence-electron chi connectivity index (χ3n) is 1.97. The minimum atomic E-state index is -0.229. The molecule has 0 saturated carbocycles. The summed E-state index contributed by atoms with van der Waals surface area (Å²) in [6, 6.07) is 5.21. The second kappa shape index (κ2) is 5.37. The van der Waals surface area contributed by atoms with E-state index in [1.807, 2.05) is 0 Å². The first-order chi connectivity index (χ1) is 8.16. The number of rotatable bonds is 2. The SMILES string of the molecule is O=C(Nc1cccnc1Br)c1cncc(Br)c1. The molecular weight excluding hydrogens is 350 g/mol. The molecule has 2 heterocycles. The Morgan fingerprint density at radius 3 is 2.82 bits per heavy atom. The monoisotopic (exact) mass is 355 g/mol. The van der Waals surface area contributed by atoms with Crippen molar-refractivity contribution in [2.24, 2.45) is 0 Å². The van der Waals surface area contributed by atoms with Crippen LogP contribution in [0.25, 0.3) is 0 Å². The first-order valence-corrected chi connectivity index (χ1v) is 6.28. The molecule has 0 saturated heterocycles. The van der Waals surface area contributed by atoms with Crippen molar-refractivity contribution in [3.05, 3.63) is 51.4 Å². The Morgan fingerprint density at radius 1 is 1.29 bits per heavy atom. The van der Waals surface area contributed by atoms with Crippen molar-refractivity contribution in [3.8, 4) is 0 Å². The normalized spacial score (nSPS) is 10.0. The van der Waals surface area contributed by atoms with Crippen molar-refractivity contribution in [3.63, 3.8) is 0 Å². The molecule has 4 nitrogen and oxygen atoms in total. The zero-order chi connectivity index (χ0) is 12.3. The van der Waals surface area contributed by atoms with Gasteiger partial charge < -0.3 is 5.32 Å². The van der Waals surface area contributed by atoms with Crippen LogP contribution in [-0.2, 0) is 0 Å². The molecule has 2 aromatic heterocycles. The number of hydrogen-bond donors (Lipinski definition) is 1. The first kappa shape index (κ1) is 12.2. The number of carbonyl (C=O) groups excluding carboxylic acids is 1. The molecule has 17 heavy (non-hydrogen) atoms. The number of pyridine rings is 2. The van der Waals surface area contributed by atoms with E-state index in [1.54, 1.807) is 30.6 Å². The predicted octanol–water partition coefficient (Wildman–Crippen LogP) is 3.25. The van der Waals surface area contributed by atoms with Crippen molar-refractivity contribution in [2.75, 3.05) is 5.32 Å². The molecule has 0 fully saturated rings. The van der Waals surface area contributed by atoms with Crippen LogP contribution < -0.4 is 5.32 Å². The molecule has 0 bridgehead atoms. The van der Waals surface area contributed by atoms with E-state index < -0.39 is 0 Å². The van der Waals surface area contributed by atoms with Crippen LogP contribution >= 0.6 is 31.9 Å². The van der Waals surface area contributed by atoms with E-state index in [4.69, 9.17) is 0 Å². The summed E-state index contributed by atoms with van der Waals surface area (Å²) in [7, 11) is 0. The molecule has 1 amide bonds. The predicted molar refractivity (Wildman–Crippen MR) is 71.8 cm³/mol. The van der Waals surface area contributed by atoms with E-state index in [0.717, 1.165) is 4.47 Å². The van der Waals surface area contributed by atoms with Crippen LogP contribution in [0.15, 0.2) is 45.9 Å². The maximum Gasteiger partial charge on any atom is 0.257 e. The van der Waals surface area contributed by atoms with Crippen LogP contribution in [0, 0.1) is 0 Å². The molecule has 0 atom stereocenters. The highest BCUT2D eigenvalue weighted by Crippen LogP contribution is 2.19. The van der Waals surface area contributed by atoms with Gasteiger partial charge in [-0.25, -0.2) is 4.98 Å². The third-order valence-corrected chi connectivity index (χ3v) is 3.04. The number of nitrogens with one attached hydrogen (secondary N) is 1. The zero-order valence-electron chi connectivity index (χ0n) is 8.52. The van der Waals surface area contributed by atoms with E-state index in [2.05, 4.69) is 47.1 Å². The molecule has 0 radical (unpaired) electrons. The topological polar surface area (TPSA) is 54.9 Å². The van der Waals surface area contributed by atoms with Crippen LogP contribution in [0.3, 0.4) is 0 Å². The van der Waals surface area contributed by atoms with Gasteiger partial charge in [0.25, 0.3) is 5.91 Å². The first-order valence-electron chi connectivity index (χ1n) is 4.69. The van der Waals surface area contributed by atoms with E-state index >= 15 is 0 Å². The Kier molecular flexibility index (Phi) is 3.86. The van der Waals surface area contributed by atoms with E-state index in [-0.39, 0.29) is 5.91 Å². The van der Waals surface area contributed by atoms with E-state index in [0.29, 0.717) is 15.9 Å². The zero-order valence-corrected chi connectivity index (χ0v) is 11.7. The van der Waals surface area contributed by atoms with E-state index in [1.165, 1.54) is 6.20 Å². The largest absolute Gasteiger partial charge is 0.320 e. The summed E-state index contributed by atoms with van der Waals surface area (Å²) in [6.07, 6.45) is 4.77. The van der Waals surface area contributed by atoms with Gasteiger partial charge in [-0.15, -0.1) is 0 Å². The fourth-order valence-electron chi connectivity index (χ4n) is 1.21. The molecule has 0 aliphatic carbocycles. The summed E-state index contributed by atoms with van der Waals surface area (Å²) in [5.41, 5.74) is 1.10. The van der Waals surface area contributed by atoms with Crippen LogP contribution in [-0.4, -0.2) is 15.9 Å². The van der Waals surface area contributed by atoms with Gasteiger partial charge in [-0.05, 0) is 50.1 Å². The Bertz CT molecular complexity index is 560. The minimum absolute atomic E-state index is 0.229. The summed E-state index contributed by atoms with van der Waals surface area (Å²) < 4.78 is 1.35. The van der Waals surface area contributed by atoms with Gasteiger partial charge in [-0.3, -0.25) is 9.78 Å². The smallest absolute Gasteiger partial charge is 0.257 e. The quantitative estimate of drug-likeness (QED) is 0.840. The summed E-state index contributed by atoms with van der Waals surface area (Å²) in [5, 5.41) is 2.74. The van der Waals surface area contributed by atoms with Crippen molar-refractivity contribution >= 4 is 43.5 Å². The van der Waals surface area contributed by atoms with Gasteiger partial charge in [0.1, 0.15) is 4.60 Å². The second-order valence-electron chi connectivity index (χ2n) is 3.19. The maximum atomic E-state index is 11.9. The van der Waals surface area contributed by atoms with Crippen LogP contribution in [0.1, 0.15) is 10.4 Å². The molecule has 0 aliphatic heterocycles. The second-order valence-corrected chi connectivity index (χ2v) is 4.85. The van der Waals surface area contributed by atoms with Gasteiger partial charge in [0.2, 0.25) is 0 Å². The van der Waals surface area contributed by atoms with Crippen LogP contribution in [0.5, 0.6) is 0 Å². The Hall–Kier alpha value is -1.27. The van der Waals surface area contributed by atoms with Gasteiger partial charge in [0, 0.05) is 23.1 Å². The van der Waals surface area contributed by atoms with Gasteiger partial charge >= 0.3 is 0 Å². The number of halogens is 2. The summed E-state index contributed by atoms with van der Waals surface area (Å²) in [6.45, 7) is 0. The average Bonchev–Trinajstić information content (AvgIpc) is 2.32. The van der Waals surface area contributed by atoms with Crippen molar-refractivity contribution in [2.45, 2.75) is 0 Å². The van der Waals surface area contributed by atoms with Gasteiger partial charge in [-0.2, -0.15) is 0 Å². The number of nitrogens with zero attached hydrogens (tertiary/aromatic N) is 2. The van der Waals surface area contributed by atoms with Gasteiger partial charge in [-0.1, -0.05) is 0 Å². The van der Waals surface area contributed by atoms with Gasteiger partial charge in [0.05, 0.1) is 11.3 Å². The number of hydrogen-bond acceptors (Lipinski definition) is 3. The molecule has 1 N–H and O–H groups in total. The fourth-order valence-corrected chi connectivity index (χ4v) is 1.92. The fraction of sp³-hybridized carbons (Fsp3) is 0. The summed E-state index contributed by atoms with van der Waals surface area (Å²) in [4.78, 5) is 19.9. The van der Waals surface area contributed by atoms with Crippen molar-refractivity contribution < 1.29 is 4.79 Å². The van der Waals surface area contributed by atoms with E-state index in [9.17, 15) is 4.79 Å². The molecule has 0 aliphatic rings. The van der Waals surface area contributed by atoms with Crippen LogP contribution in [0.4, 0.5) is 5.69 Å². The molecule has 0 aromatic carbocycles. The van der Waals surface area contributed by atoms with Crippen molar-refractivity contribution in [1.29, 1.82) is 0 Å². The number of amides is 1. The third kappa shape index (κ3) is 3.10. The lowest BCUT2D eigenvalue weighted by atomic mass is 10.2. The molecule has 86 valence electrons. The van der Waals surface area contributed by atoms with Gasteiger partial charge in [0.15, 0.2) is 0 Å². The summed E-state index contributed by atoms with van der Waals surface area (Å²) in [5.74, 6) is -0.229. The lowest BCUT2D eigenvalue weighted by Crippen LogP contribution is -2.12. The van der Waals surface area contributed by atoms with Crippen molar-refractivity contribution in [1.82, 2.24) is 9.97 Å². The number of carbonyl (C=O) groups is 1. The maximum absolute atomic E-state index is 11.9. The lowest BCUT2D eigenvalue weighted by Gasteiger charge is -2.06. The summed E-state index contributed by atoms with van der Waals surface area (Å²) >= 11 is 6.53. The Labute approximate surface area is 115 Å². The highest BCUT2D eigenvalue weighted by atomic mass is 79.9. The number of aromatic nitrogens is 2. The molecule has 6 heteroatoms. The van der Waals surface area contributed by atoms with Crippen LogP contribution in [0.2, 0.25) is 0 Å². The molecule has 2 rings (SSSR count). The minimum Gasteiger partial charge on any atom is -0.320 e. The Morgan fingerprint density at radius 2 is 2.12 bits per heavy atom. The highest BCUT2D eigenvalue weighted by molar-refractivity contribution is 9.10. The number of anilines is 1. The molecule has 2 aromatic rings.